The summed E-state index contributed by atoms with van der Waals surface area (Å²) in [7, 11) is 0. The Labute approximate surface area is 453 Å². The van der Waals surface area contributed by atoms with E-state index in [4.69, 9.17) is 13.8 Å². The van der Waals surface area contributed by atoms with Gasteiger partial charge in [-0.15, -0.1) is 0 Å². The number of para-hydroxylation sites is 3. The molecule has 0 bridgehead atoms. The first-order chi connectivity index (χ1) is 39.7. The number of rotatable bonds is 10. The maximum Gasteiger partial charge on any atom is 0.137 e. The highest BCUT2D eigenvalue weighted by Crippen LogP contribution is 2.51. The van der Waals surface area contributed by atoms with Gasteiger partial charge in [0.15, 0.2) is 0 Å². The minimum atomic E-state index is -2.48. The van der Waals surface area contributed by atoms with Crippen molar-refractivity contribution >= 4 is 44.6 Å². The summed E-state index contributed by atoms with van der Waals surface area (Å²) in [5.41, 5.74) is 15.2. The van der Waals surface area contributed by atoms with Gasteiger partial charge in [-0.3, -0.25) is 4.57 Å². The molecule has 1 aliphatic heterocycles. The van der Waals surface area contributed by atoms with Crippen molar-refractivity contribution in [2.45, 2.75) is 33.0 Å². The number of nitrogens with zero attached hydrogens (tertiary/aromatic N) is 4. The van der Waals surface area contributed by atoms with Gasteiger partial charge in [-0.05, 0) is 105 Å². The van der Waals surface area contributed by atoms with Crippen molar-refractivity contribution in [1.29, 1.82) is 0 Å². The van der Waals surface area contributed by atoms with Crippen LogP contribution >= 0.6 is 0 Å². The van der Waals surface area contributed by atoms with E-state index >= 15 is 0 Å². The Hall–Kier alpha value is -9.45. The topological polar surface area (TPSA) is 33.5 Å². The molecular weight excluding hydrogens is 925 g/mol. The summed E-state index contributed by atoms with van der Waals surface area (Å²) in [6.45, 7) is 4.48. The lowest BCUT2D eigenvalue weighted by Gasteiger charge is -2.27. The zero-order chi connectivity index (χ0) is 56.4. The van der Waals surface area contributed by atoms with Crippen molar-refractivity contribution in [3.8, 4) is 73.0 Å². The van der Waals surface area contributed by atoms with Crippen molar-refractivity contribution in [3.05, 3.63) is 266 Å². The number of benzene rings is 10. The zero-order valence-corrected chi connectivity index (χ0v) is 42.4. The molecule has 1 aliphatic rings. The number of anilines is 4. The van der Waals surface area contributed by atoms with Crippen LogP contribution in [0.25, 0.3) is 83.3 Å². The van der Waals surface area contributed by atoms with E-state index in [1.54, 1.807) is 18.3 Å². The van der Waals surface area contributed by atoms with Gasteiger partial charge in [0.1, 0.15) is 24.0 Å². The van der Waals surface area contributed by atoms with Gasteiger partial charge >= 0.3 is 0 Å². The van der Waals surface area contributed by atoms with Crippen molar-refractivity contribution in [3.63, 3.8) is 0 Å². The second-order valence-corrected chi connectivity index (χ2v) is 20.4. The van der Waals surface area contributed by atoms with Crippen LogP contribution in [0.4, 0.5) is 22.7 Å². The third kappa shape index (κ3) is 8.46. The summed E-state index contributed by atoms with van der Waals surface area (Å²) in [6, 6.07) is 76.5. The number of aryl methyl sites for hydroxylation is 1. The Morgan fingerprint density at radius 2 is 1.05 bits per heavy atom. The Balaban J connectivity index is 0.984. The molecule has 366 valence electrons. The van der Waals surface area contributed by atoms with E-state index in [0.29, 0.717) is 35.0 Å². The summed E-state index contributed by atoms with van der Waals surface area (Å²) < 4.78 is 64.0. The number of hydrogen-bond acceptors (Lipinski definition) is 4. The van der Waals surface area contributed by atoms with Gasteiger partial charge in [0.25, 0.3) is 0 Å². The van der Waals surface area contributed by atoms with E-state index in [9.17, 15) is 4.11 Å². The third-order valence-corrected chi connectivity index (χ3v) is 14.6. The molecule has 0 atom stereocenters. The maximum atomic E-state index is 9.62. The second-order valence-electron chi connectivity index (χ2n) is 20.4. The minimum absolute atomic E-state index is 0.0206. The van der Waals surface area contributed by atoms with Crippen molar-refractivity contribution in [1.82, 2.24) is 9.55 Å². The highest BCUT2D eigenvalue weighted by atomic mass is 16.5. The molecule has 0 amide bonds. The molecule has 0 fully saturated rings. The van der Waals surface area contributed by atoms with Crippen LogP contribution in [0, 0.1) is 6.85 Å². The van der Waals surface area contributed by atoms with Gasteiger partial charge in [0.2, 0.25) is 0 Å². The summed E-state index contributed by atoms with van der Waals surface area (Å²) in [5.74, 6) is 0.891. The molecule has 5 nitrogen and oxygen atoms in total. The fourth-order valence-corrected chi connectivity index (χ4v) is 10.8. The van der Waals surface area contributed by atoms with E-state index in [2.05, 4.69) is 135 Å². The highest BCUT2D eigenvalue weighted by molar-refractivity contribution is 6.12. The van der Waals surface area contributed by atoms with Gasteiger partial charge in [0, 0.05) is 61.2 Å². The van der Waals surface area contributed by atoms with E-state index < -0.39 is 6.85 Å². The third-order valence-electron chi connectivity index (χ3n) is 14.6. The zero-order valence-electron chi connectivity index (χ0n) is 48.4. The predicted octanol–water partition coefficient (Wildman–Crippen LogP) is 19.2. The van der Waals surface area contributed by atoms with E-state index in [0.717, 1.165) is 83.4 Å². The first kappa shape index (κ1) is 40.0. The number of fused-ring (bicyclic) bond motifs is 4. The quantitative estimate of drug-likeness (QED) is 0.137. The number of pyridine rings is 1. The monoisotopic (exact) mass is 986 g/mol. The van der Waals surface area contributed by atoms with E-state index in [1.165, 1.54) is 5.56 Å². The molecule has 5 heteroatoms. The molecule has 3 heterocycles. The molecule has 12 aromatic rings. The Morgan fingerprint density at radius 3 is 1.70 bits per heavy atom. The van der Waals surface area contributed by atoms with Crippen LogP contribution in [0.15, 0.2) is 255 Å². The first-order valence-corrected chi connectivity index (χ1v) is 25.7. The largest absolute Gasteiger partial charge is 0.457 e. The summed E-state index contributed by atoms with van der Waals surface area (Å²) in [4.78, 5) is 9.37. The van der Waals surface area contributed by atoms with Gasteiger partial charge in [-0.2, -0.15) is 0 Å². The fourth-order valence-electron chi connectivity index (χ4n) is 10.8. The smallest absolute Gasteiger partial charge is 0.137 e. The van der Waals surface area contributed by atoms with Crippen LogP contribution in [-0.2, 0) is 5.41 Å². The molecule has 13 rings (SSSR count). The van der Waals surface area contributed by atoms with Crippen LogP contribution in [0.5, 0.6) is 11.5 Å². The van der Waals surface area contributed by atoms with Crippen LogP contribution in [0.3, 0.4) is 0 Å². The SMILES string of the molecule is [2H]c1c(Oc2cc3c(cc2-c2ccccc2)c2cc(-c4ccccc4)ccc2n3-c2cc(C([2H])([2H])[2H])c(-c3ccccc3)cn2)cc(N2CN(c3c(-c4ccccc4)cccc3-c3ccc(C(C)(C)C)cc3)c3ccccc32)c([2H])c1[2H]. The van der Waals surface area contributed by atoms with Crippen LogP contribution in [0.1, 0.15) is 40.1 Å². The van der Waals surface area contributed by atoms with Crippen LogP contribution in [0.2, 0.25) is 0 Å². The number of aromatic nitrogens is 2. The average molecular weight is 987 g/mol. The Morgan fingerprint density at radius 1 is 0.487 bits per heavy atom. The molecular formula is C71H56N4O. The normalized spacial score (nSPS) is 13.7. The summed E-state index contributed by atoms with van der Waals surface area (Å²) in [5, 5.41) is 1.78. The lowest BCUT2D eigenvalue weighted by atomic mass is 9.86. The summed E-state index contributed by atoms with van der Waals surface area (Å²) in [6.07, 6.45) is 1.65. The Bertz CT molecular complexity index is 4390. The first-order valence-electron chi connectivity index (χ1n) is 28.7. The maximum absolute atomic E-state index is 9.62. The van der Waals surface area contributed by atoms with Crippen molar-refractivity contribution < 1.29 is 13.0 Å². The highest BCUT2D eigenvalue weighted by Gasteiger charge is 2.32. The minimum Gasteiger partial charge on any atom is -0.457 e. The molecule has 0 radical (unpaired) electrons. The van der Waals surface area contributed by atoms with E-state index in [1.807, 2.05) is 119 Å². The standard InChI is InChI=1S/C71H56N4O/c1-48-41-69(72-46-63(48)52-27-15-8-16-28-52)75-64-40-37-54(49-21-9-5-10-22-49)42-61(64)62-44-60(51-25-13-7-14-26-51)68(45-67(62)75)76-57-30-19-29-56(43-57)73-47-74(66-34-18-17-33-65(66)73)70-58(50-23-11-6-12-24-50)31-20-32-59(70)53-35-38-55(39-36-53)71(2,3)4/h5-46H,47H2,1-4H3/i1D3,19D,29D,30D. The predicted molar refractivity (Wildman–Crippen MR) is 318 cm³/mol. The molecule has 0 N–H and O–H groups in total. The molecule has 0 aliphatic carbocycles. The lowest BCUT2D eigenvalue weighted by Crippen LogP contribution is -2.25. The molecule has 76 heavy (non-hydrogen) atoms. The van der Waals surface area contributed by atoms with E-state index in [-0.39, 0.29) is 34.9 Å². The fraction of sp³-hybridized carbons (Fsp3) is 0.0845. The van der Waals surface area contributed by atoms with Gasteiger partial charge < -0.3 is 14.5 Å². The molecule has 2 aromatic heterocycles. The average Bonchev–Trinajstić information content (AvgIpc) is 3.47. The summed E-state index contributed by atoms with van der Waals surface area (Å²) >= 11 is 0. The molecule has 0 spiro atoms. The van der Waals surface area contributed by atoms with Gasteiger partial charge in [-0.1, -0.05) is 209 Å². The van der Waals surface area contributed by atoms with Gasteiger partial charge in [-0.25, -0.2) is 4.98 Å². The Kier molecular flexibility index (Phi) is 10.1. The van der Waals surface area contributed by atoms with Crippen molar-refractivity contribution in [2.24, 2.45) is 0 Å². The molecule has 10 aromatic carbocycles. The second kappa shape index (κ2) is 19.1. The lowest BCUT2D eigenvalue weighted by molar-refractivity contribution is 0.485. The molecule has 0 saturated heterocycles. The van der Waals surface area contributed by atoms with Gasteiger partial charge in [0.05, 0.1) is 32.2 Å². The van der Waals surface area contributed by atoms with Crippen LogP contribution < -0.4 is 14.5 Å². The van der Waals surface area contributed by atoms with Crippen LogP contribution in [-0.4, -0.2) is 16.2 Å². The molecule has 0 unspecified atom stereocenters. The number of hydrogen-bond donors (Lipinski definition) is 0. The number of ether oxygens (including phenoxy) is 1. The van der Waals surface area contributed by atoms with Crippen molar-refractivity contribution in [2.75, 3.05) is 16.5 Å². The molecule has 0 saturated carbocycles.